The maximum Gasteiger partial charge on any atom is 0.345 e. The highest BCUT2D eigenvalue weighted by atomic mass is 35.5. The van der Waals surface area contributed by atoms with Gasteiger partial charge in [-0.1, -0.05) is 35.9 Å². The van der Waals surface area contributed by atoms with Crippen molar-refractivity contribution < 1.29 is 23.7 Å². The average molecular weight is 471 g/mol. The molecule has 0 N–H and O–H groups in total. The van der Waals surface area contributed by atoms with Gasteiger partial charge in [0.1, 0.15) is 5.56 Å². The molecule has 1 amide bonds. The van der Waals surface area contributed by atoms with Crippen LogP contribution in [0.3, 0.4) is 0 Å². The maximum atomic E-state index is 12.8. The molecule has 2 aromatic carbocycles. The van der Waals surface area contributed by atoms with E-state index in [4.69, 9.17) is 20.8 Å². The number of aromatic nitrogens is 2. The van der Waals surface area contributed by atoms with Gasteiger partial charge >= 0.3 is 5.97 Å². The Labute approximate surface area is 193 Å². The summed E-state index contributed by atoms with van der Waals surface area (Å²) in [7, 11) is 0. The van der Waals surface area contributed by atoms with Gasteiger partial charge in [-0.15, -0.1) is 10.2 Å². The molecule has 0 spiro atoms. The fourth-order valence-electron chi connectivity index (χ4n) is 3.37. The number of para-hydroxylation sites is 1. The summed E-state index contributed by atoms with van der Waals surface area (Å²) in [6.07, 6.45) is 1.60. The van der Waals surface area contributed by atoms with E-state index in [9.17, 15) is 19.7 Å². The number of carbonyl (C=O) groups is 2. The van der Waals surface area contributed by atoms with Crippen LogP contribution in [0, 0.1) is 17.0 Å². The first-order chi connectivity index (χ1) is 15.8. The Kier molecular flexibility index (Phi) is 6.36. The molecule has 11 heteroatoms. The summed E-state index contributed by atoms with van der Waals surface area (Å²) in [5.41, 5.74) is 0.362. The molecule has 0 atom stereocenters. The molecule has 1 aliphatic carbocycles. The lowest BCUT2D eigenvalue weighted by Gasteiger charge is -2.20. The molecule has 0 unspecified atom stereocenters. The van der Waals surface area contributed by atoms with Crippen LogP contribution in [0.25, 0.3) is 11.5 Å². The van der Waals surface area contributed by atoms with E-state index < -0.39 is 23.4 Å². The van der Waals surface area contributed by atoms with E-state index >= 15 is 0 Å². The molecular formula is C22H19ClN4O6. The van der Waals surface area contributed by atoms with Crippen LogP contribution in [0.4, 0.5) is 5.69 Å². The van der Waals surface area contributed by atoms with Gasteiger partial charge in [0.05, 0.1) is 22.1 Å². The first-order valence-electron chi connectivity index (χ1n) is 10.1. The predicted octanol–water partition coefficient (Wildman–Crippen LogP) is 3.95. The summed E-state index contributed by atoms with van der Waals surface area (Å²) in [4.78, 5) is 37.4. The third-order valence-corrected chi connectivity index (χ3v) is 5.48. The van der Waals surface area contributed by atoms with E-state index in [1.807, 2.05) is 0 Å². The summed E-state index contributed by atoms with van der Waals surface area (Å²) in [6.45, 7) is 1.01. The standard InChI is InChI=1S/C22H19ClN4O6/c1-13-5-4-7-16(20(13)27(30)31)22(29)32-12-19(28)26(14-9-10-14)11-18-24-25-21(33-18)15-6-2-3-8-17(15)23/h2-8,14H,9-12H2,1H3. The molecule has 170 valence electrons. The van der Waals surface area contributed by atoms with E-state index in [1.165, 1.54) is 30.0 Å². The maximum absolute atomic E-state index is 12.8. The van der Waals surface area contributed by atoms with Gasteiger partial charge < -0.3 is 14.1 Å². The fourth-order valence-corrected chi connectivity index (χ4v) is 3.58. The van der Waals surface area contributed by atoms with Gasteiger partial charge in [0.15, 0.2) is 6.61 Å². The average Bonchev–Trinajstić information content (AvgIpc) is 3.53. The molecule has 4 rings (SSSR count). The number of ether oxygens (including phenoxy) is 1. The number of nitrogens with zero attached hydrogens (tertiary/aromatic N) is 4. The van der Waals surface area contributed by atoms with Crippen molar-refractivity contribution in [2.45, 2.75) is 32.4 Å². The lowest BCUT2D eigenvalue weighted by atomic mass is 10.1. The molecular weight excluding hydrogens is 452 g/mol. The smallest absolute Gasteiger partial charge is 0.345 e. The van der Waals surface area contributed by atoms with Crippen LogP contribution in [0.1, 0.15) is 34.7 Å². The number of benzene rings is 2. The Morgan fingerprint density at radius 1 is 1.21 bits per heavy atom. The molecule has 3 aromatic rings. The summed E-state index contributed by atoms with van der Waals surface area (Å²) in [6, 6.07) is 11.3. The minimum Gasteiger partial charge on any atom is -0.452 e. The highest BCUT2D eigenvalue weighted by Crippen LogP contribution is 2.30. The molecule has 0 aliphatic heterocycles. The number of amides is 1. The zero-order chi connectivity index (χ0) is 23.5. The molecule has 1 saturated carbocycles. The predicted molar refractivity (Wildman–Crippen MR) is 116 cm³/mol. The molecule has 0 saturated heterocycles. The number of hydrogen-bond acceptors (Lipinski definition) is 8. The van der Waals surface area contributed by atoms with Crippen LogP contribution < -0.4 is 0 Å². The van der Waals surface area contributed by atoms with E-state index in [0.29, 0.717) is 16.1 Å². The van der Waals surface area contributed by atoms with Crippen molar-refractivity contribution in [3.05, 3.63) is 74.6 Å². The number of esters is 1. The number of rotatable bonds is 8. The van der Waals surface area contributed by atoms with Crippen molar-refractivity contribution in [3.8, 4) is 11.5 Å². The Bertz CT molecular complexity index is 1220. The zero-order valence-corrected chi connectivity index (χ0v) is 18.3. The summed E-state index contributed by atoms with van der Waals surface area (Å²) in [5.74, 6) is -0.949. The number of nitro groups is 1. The Hall–Kier alpha value is -3.79. The lowest BCUT2D eigenvalue weighted by molar-refractivity contribution is -0.385. The van der Waals surface area contributed by atoms with E-state index in [-0.39, 0.29) is 35.6 Å². The van der Waals surface area contributed by atoms with Gasteiger partial charge in [-0.05, 0) is 38.0 Å². The fraction of sp³-hybridized carbons (Fsp3) is 0.273. The van der Waals surface area contributed by atoms with Crippen LogP contribution in [0.2, 0.25) is 5.02 Å². The molecule has 1 aromatic heterocycles. The van der Waals surface area contributed by atoms with Crippen molar-refractivity contribution >= 4 is 29.2 Å². The molecule has 10 nitrogen and oxygen atoms in total. The van der Waals surface area contributed by atoms with Crippen molar-refractivity contribution in [2.24, 2.45) is 0 Å². The normalized spacial score (nSPS) is 12.9. The minimum absolute atomic E-state index is 0.0276. The van der Waals surface area contributed by atoms with Crippen molar-refractivity contribution in [1.29, 1.82) is 0 Å². The second kappa shape index (κ2) is 9.37. The summed E-state index contributed by atoms with van der Waals surface area (Å²) < 4.78 is 10.8. The van der Waals surface area contributed by atoms with Crippen LogP contribution in [-0.4, -0.2) is 44.5 Å². The third-order valence-electron chi connectivity index (χ3n) is 5.15. The second-order valence-corrected chi connectivity index (χ2v) is 7.95. The molecule has 1 heterocycles. The molecule has 1 aliphatic rings. The zero-order valence-electron chi connectivity index (χ0n) is 17.6. The monoisotopic (exact) mass is 470 g/mol. The van der Waals surface area contributed by atoms with Crippen LogP contribution in [0.5, 0.6) is 0 Å². The van der Waals surface area contributed by atoms with Crippen LogP contribution >= 0.6 is 11.6 Å². The van der Waals surface area contributed by atoms with E-state index in [2.05, 4.69) is 10.2 Å². The Morgan fingerprint density at radius 2 is 1.97 bits per heavy atom. The minimum atomic E-state index is -0.937. The number of halogens is 1. The molecule has 33 heavy (non-hydrogen) atoms. The van der Waals surface area contributed by atoms with Gasteiger partial charge in [-0.3, -0.25) is 14.9 Å². The Balaban J connectivity index is 1.43. The summed E-state index contributed by atoms with van der Waals surface area (Å²) >= 11 is 6.16. The van der Waals surface area contributed by atoms with Gasteiger partial charge in [-0.25, -0.2) is 4.79 Å². The van der Waals surface area contributed by atoms with Crippen LogP contribution in [0.15, 0.2) is 46.9 Å². The lowest BCUT2D eigenvalue weighted by Crippen LogP contribution is -2.36. The Morgan fingerprint density at radius 3 is 2.67 bits per heavy atom. The van der Waals surface area contributed by atoms with Gasteiger partial charge in [-0.2, -0.15) is 0 Å². The number of hydrogen-bond donors (Lipinski definition) is 0. The summed E-state index contributed by atoms with van der Waals surface area (Å²) in [5, 5.41) is 19.8. The van der Waals surface area contributed by atoms with E-state index in [1.54, 1.807) is 24.3 Å². The highest BCUT2D eigenvalue weighted by Gasteiger charge is 2.34. The van der Waals surface area contributed by atoms with Crippen molar-refractivity contribution in [2.75, 3.05) is 6.61 Å². The second-order valence-electron chi connectivity index (χ2n) is 7.54. The van der Waals surface area contributed by atoms with E-state index in [0.717, 1.165) is 12.8 Å². The van der Waals surface area contributed by atoms with Crippen LogP contribution in [-0.2, 0) is 16.1 Å². The first-order valence-corrected chi connectivity index (χ1v) is 10.5. The van der Waals surface area contributed by atoms with Gasteiger partial charge in [0, 0.05) is 11.6 Å². The van der Waals surface area contributed by atoms with Crippen molar-refractivity contribution in [1.82, 2.24) is 15.1 Å². The third kappa shape index (κ3) is 5.01. The highest BCUT2D eigenvalue weighted by molar-refractivity contribution is 6.33. The first kappa shape index (κ1) is 22.4. The largest absolute Gasteiger partial charge is 0.452 e. The molecule has 1 fully saturated rings. The van der Waals surface area contributed by atoms with Gasteiger partial charge in [0.2, 0.25) is 11.8 Å². The topological polar surface area (TPSA) is 129 Å². The van der Waals surface area contributed by atoms with Crippen molar-refractivity contribution in [3.63, 3.8) is 0 Å². The number of nitro benzene ring substituents is 1. The molecule has 0 bridgehead atoms. The quantitative estimate of drug-likeness (QED) is 0.275. The number of aryl methyl sites for hydroxylation is 1. The SMILES string of the molecule is Cc1cccc(C(=O)OCC(=O)N(Cc2nnc(-c3ccccc3Cl)o2)C2CC2)c1[N+](=O)[O-]. The molecule has 0 radical (unpaired) electrons. The number of carbonyl (C=O) groups excluding carboxylic acids is 2. The van der Waals surface area contributed by atoms with Gasteiger partial charge in [0.25, 0.3) is 11.6 Å².